The van der Waals surface area contributed by atoms with E-state index in [4.69, 9.17) is 4.74 Å². The normalized spacial score (nSPS) is 26.1. The molecule has 1 rings (SSSR count). The van der Waals surface area contributed by atoms with Crippen molar-refractivity contribution >= 4 is 6.09 Å². The monoisotopic (exact) mass is 255 g/mol. The van der Waals surface area contributed by atoms with E-state index in [1.165, 1.54) is 0 Å². The predicted molar refractivity (Wildman–Crippen MR) is 74.6 cm³/mol. The van der Waals surface area contributed by atoms with E-state index in [2.05, 4.69) is 27.7 Å². The van der Waals surface area contributed by atoms with Gasteiger partial charge >= 0.3 is 6.09 Å². The van der Waals surface area contributed by atoms with E-state index in [1.54, 1.807) is 0 Å². The first-order chi connectivity index (χ1) is 8.00. The molecule has 2 atom stereocenters. The van der Waals surface area contributed by atoms with Gasteiger partial charge in [-0.1, -0.05) is 20.8 Å². The van der Waals surface area contributed by atoms with E-state index in [-0.39, 0.29) is 12.1 Å². The van der Waals surface area contributed by atoms with Gasteiger partial charge in [0.15, 0.2) is 0 Å². The molecular weight excluding hydrogens is 226 g/mol. The Morgan fingerprint density at radius 3 is 2.11 bits per heavy atom. The summed E-state index contributed by atoms with van der Waals surface area (Å²) in [7, 11) is 0. The van der Waals surface area contributed by atoms with Gasteiger partial charge in [-0.05, 0) is 51.9 Å². The summed E-state index contributed by atoms with van der Waals surface area (Å²) in [5.74, 6) is 0.686. The predicted octanol–water partition coefficient (Wildman–Crippen LogP) is 4.07. The molecule has 3 heteroatoms. The van der Waals surface area contributed by atoms with Crippen LogP contribution < -0.4 is 0 Å². The number of carbonyl (C=O) groups excluding carboxylic acids is 1. The number of nitrogens with zero attached hydrogens (tertiary/aromatic N) is 1. The van der Waals surface area contributed by atoms with E-state index in [0.717, 1.165) is 19.4 Å². The topological polar surface area (TPSA) is 29.5 Å². The van der Waals surface area contributed by atoms with E-state index in [0.29, 0.717) is 11.3 Å². The van der Waals surface area contributed by atoms with Crippen molar-refractivity contribution in [1.29, 1.82) is 0 Å². The second-order valence-corrected chi connectivity index (χ2v) is 7.61. The molecule has 0 N–H and O–H groups in total. The lowest BCUT2D eigenvalue weighted by atomic mass is 9.73. The molecular formula is C15H29NO2. The molecule has 0 spiro atoms. The minimum Gasteiger partial charge on any atom is -0.444 e. The molecule has 0 radical (unpaired) electrons. The lowest BCUT2D eigenvalue weighted by Gasteiger charge is -2.43. The standard InChI is InChI=1S/C15H29NO2/c1-11-10-12(14(2,3)4)8-9-16(11)13(17)18-15(5,6)7/h11-12H,8-10H2,1-7H3/t11-,12-/m1/s1. The summed E-state index contributed by atoms with van der Waals surface area (Å²) in [6, 6.07) is 0.276. The minimum atomic E-state index is -0.405. The number of piperidine rings is 1. The molecule has 1 amide bonds. The molecule has 0 bridgehead atoms. The fraction of sp³-hybridized carbons (Fsp3) is 0.933. The molecule has 1 aliphatic heterocycles. The molecule has 0 aliphatic carbocycles. The summed E-state index contributed by atoms with van der Waals surface area (Å²) in [6.07, 6.45) is 1.98. The third-order valence-corrected chi connectivity index (χ3v) is 3.73. The molecule has 1 saturated heterocycles. The number of ether oxygens (including phenoxy) is 1. The molecule has 1 heterocycles. The summed E-state index contributed by atoms with van der Waals surface area (Å²) in [4.78, 5) is 14.0. The van der Waals surface area contributed by atoms with Crippen LogP contribution in [0.4, 0.5) is 4.79 Å². The Morgan fingerprint density at radius 2 is 1.72 bits per heavy atom. The van der Waals surface area contributed by atoms with E-state index in [1.807, 2.05) is 25.7 Å². The maximum absolute atomic E-state index is 12.1. The van der Waals surface area contributed by atoms with Gasteiger partial charge in [0.05, 0.1) is 0 Å². The van der Waals surface area contributed by atoms with Gasteiger partial charge in [-0.2, -0.15) is 0 Å². The van der Waals surface area contributed by atoms with Gasteiger partial charge < -0.3 is 9.64 Å². The smallest absolute Gasteiger partial charge is 0.410 e. The Bertz CT molecular complexity index is 299. The maximum Gasteiger partial charge on any atom is 0.410 e. The molecule has 0 aromatic rings. The first-order valence-corrected chi connectivity index (χ1v) is 7.00. The lowest BCUT2D eigenvalue weighted by molar-refractivity contribution is -0.000889. The first-order valence-electron chi connectivity index (χ1n) is 7.00. The number of hydrogen-bond donors (Lipinski definition) is 0. The number of amides is 1. The van der Waals surface area contributed by atoms with Gasteiger partial charge in [0.1, 0.15) is 5.60 Å². The average molecular weight is 255 g/mol. The highest BCUT2D eigenvalue weighted by Gasteiger charge is 2.36. The Kier molecular flexibility index (Phi) is 4.34. The number of rotatable bonds is 0. The summed E-state index contributed by atoms with van der Waals surface area (Å²) < 4.78 is 5.46. The molecule has 1 fully saturated rings. The van der Waals surface area contributed by atoms with Crippen molar-refractivity contribution in [2.45, 2.75) is 73.0 Å². The summed E-state index contributed by atoms with van der Waals surface area (Å²) in [5, 5.41) is 0. The van der Waals surface area contributed by atoms with Crippen molar-refractivity contribution in [3.63, 3.8) is 0 Å². The van der Waals surface area contributed by atoms with Crippen molar-refractivity contribution in [1.82, 2.24) is 4.90 Å². The lowest BCUT2D eigenvalue weighted by Crippen LogP contribution is -2.48. The minimum absolute atomic E-state index is 0.164. The van der Waals surface area contributed by atoms with Crippen LogP contribution in [0.25, 0.3) is 0 Å². The van der Waals surface area contributed by atoms with Gasteiger partial charge in [-0.3, -0.25) is 0 Å². The van der Waals surface area contributed by atoms with Gasteiger partial charge in [-0.15, -0.1) is 0 Å². The number of carbonyl (C=O) groups is 1. The van der Waals surface area contributed by atoms with Crippen LogP contribution in [0.15, 0.2) is 0 Å². The Morgan fingerprint density at radius 1 is 1.17 bits per heavy atom. The van der Waals surface area contributed by atoms with E-state index >= 15 is 0 Å². The second kappa shape index (κ2) is 5.10. The van der Waals surface area contributed by atoms with Crippen LogP contribution >= 0.6 is 0 Å². The van der Waals surface area contributed by atoms with Crippen LogP contribution in [0.5, 0.6) is 0 Å². The highest BCUT2D eigenvalue weighted by molar-refractivity contribution is 5.68. The molecule has 18 heavy (non-hydrogen) atoms. The van der Waals surface area contributed by atoms with Crippen molar-refractivity contribution < 1.29 is 9.53 Å². The molecule has 0 aromatic heterocycles. The molecule has 3 nitrogen and oxygen atoms in total. The molecule has 0 saturated carbocycles. The zero-order valence-electron chi connectivity index (χ0n) is 13.0. The summed E-state index contributed by atoms with van der Waals surface area (Å²) in [6.45, 7) is 15.5. The van der Waals surface area contributed by atoms with E-state index in [9.17, 15) is 4.79 Å². The number of hydrogen-bond acceptors (Lipinski definition) is 2. The highest BCUT2D eigenvalue weighted by Crippen LogP contribution is 2.37. The average Bonchev–Trinajstić information content (AvgIpc) is 2.12. The van der Waals surface area contributed by atoms with Crippen LogP contribution in [-0.2, 0) is 4.74 Å². The van der Waals surface area contributed by atoms with Crippen molar-refractivity contribution in [2.75, 3.05) is 6.54 Å². The SMILES string of the molecule is C[C@@H]1C[C@H](C(C)(C)C)CCN1C(=O)OC(C)(C)C. The quantitative estimate of drug-likeness (QED) is 0.653. The Labute approximate surface area is 112 Å². The van der Waals surface area contributed by atoms with Gasteiger partial charge in [0.2, 0.25) is 0 Å². The highest BCUT2D eigenvalue weighted by atomic mass is 16.6. The van der Waals surface area contributed by atoms with Crippen LogP contribution in [-0.4, -0.2) is 29.2 Å². The maximum atomic E-state index is 12.1. The van der Waals surface area contributed by atoms with Gasteiger partial charge in [0, 0.05) is 12.6 Å². The first kappa shape index (κ1) is 15.3. The van der Waals surface area contributed by atoms with Gasteiger partial charge in [0.25, 0.3) is 0 Å². The fourth-order valence-corrected chi connectivity index (χ4v) is 2.55. The molecule has 106 valence electrons. The summed E-state index contributed by atoms with van der Waals surface area (Å²) >= 11 is 0. The van der Waals surface area contributed by atoms with Crippen LogP contribution in [0, 0.1) is 11.3 Å². The third-order valence-electron chi connectivity index (χ3n) is 3.73. The third kappa shape index (κ3) is 4.18. The number of likely N-dealkylation sites (tertiary alicyclic amines) is 1. The van der Waals surface area contributed by atoms with E-state index < -0.39 is 5.60 Å². The molecule has 1 aliphatic rings. The summed E-state index contributed by atoms with van der Waals surface area (Å²) in [5.41, 5.74) is -0.0774. The molecule has 0 aromatic carbocycles. The van der Waals surface area contributed by atoms with Gasteiger partial charge in [-0.25, -0.2) is 4.79 Å². The van der Waals surface area contributed by atoms with Crippen molar-refractivity contribution in [2.24, 2.45) is 11.3 Å². The van der Waals surface area contributed by atoms with Crippen LogP contribution in [0.3, 0.4) is 0 Å². The fourth-order valence-electron chi connectivity index (χ4n) is 2.55. The van der Waals surface area contributed by atoms with Crippen molar-refractivity contribution in [3.05, 3.63) is 0 Å². The Balaban J connectivity index is 2.60. The Hall–Kier alpha value is -0.730. The van der Waals surface area contributed by atoms with Crippen LogP contribution in [0.1, 0.15) is 61.3 Å². The largest absolute Gasteiger partial charge is 0.444 e. The van der Waals surface area contributed by atoms with Crippen molar-refractivity contribution in [3.8, 4) is 0 Å². The second-order valence-electron chi connectivity index (χ2n) is 7.61. The molecule has 0 unspecified atom stereocenters. The zero-order valence-corrected chi connectivity index (χ0v) is 13.0. The zero-order chi connectivity index (χ0) is 14.1. The van der Waals surface area contributed by atoms with Crippen LogP contribution in [0.2, 0.25) is 0 Å².